The van der Waals surface area contributed by atoms with E-state index in [0.717, 1.165) is 122 Å². The van der Waals surface area contributed by atoms with Gasteiger partial charge in [0, 0.05) is 6.42 Å². The third kappa shape index (κ3) is 37.8. The van der Waals surface area contributed by atoms with Crippen LogP contribution in [0.4, 0.5) is 0 Å². The lowest BCUT2D eigenvalue weighted by atomic mass is 9.99. The van der Waals surface area contributed by atoms with E-state index in [9.17, 15) is 30.3 Å². The molecule has 0 aromatic rings. The Kier molecular flexibility index (Phi) is 44.0. The minimum Gasteiger partial charge on any atom is -0.394 e. The zero-order valence-electron chi connectivity index (χ0n) is 43.0. The van der Waals surface area contributed by atoms with Gasteiger partial charge in [-0.1, -0.05) is 205 Å². The minimum absolute atomic E-state index is 0.205. The summed E-state index contributed by atoms with van der Waals surface area (Å²) in [6, 6.07) is -0.838. The number of allylic oxidation sites excluding steroid dienone is 21. The predicted octanol–water partition coefficient (Wildman–Crippen LogP) is 12.9. The Balaban J connectivity index is 2.18. The number of ether oxygens (including phenoxy) is 2. The number of hydrogen-bond donors (Lipinski definition) is 6. The van der Waals surface area contributed by atoms with E-state index in [-0.39, 0.29) is 12.5 Å². The lowest BCUT2D eigenvalue weighted by molar-refractivity contribution is -0.302. The molecule has 7 atom stereocenters. The molecule has 0 aromatic carbocycles. The van der Waals surface area contributed by atoms with Gasteiger partial charge in [-0.3, -0.25) is 4.79 Å². The fraction of sp³-hybridized carbons (Fsp3) is 0.617. The van der Waals surface area contributed by atoms with Gasteiger partial charge in [0.25, 0.3) is 0 Å². The van der Waals surface area contributed by atoms with Crippen LogP contribution in [0.15, 0.2) is 134 Å². The summed E-state index contributed by atoms with van der Waals surface area (Å²) in [5.41, 5.74) is 0. The van der Waals surface area contributed by atoms with Crippen molar-refractivity contribution in [1.29, 1.82) is 0 Å². The second kappa shape index (κ2) is 48.0. The summed E-state index contributed by atoms with van der Waals surface area (Å²) < 4.78 is 11.2. The number of unbranched alkanes of at least 4 members (excludes halogenated alkanes) is 13. The number of nitrogens with one attached hydrogen (secondary N) is 1. The zero-order chi connectivity index (χ0) is 50.1. The van der Waals surface area contributed by atoms with Crippen LogP contribution >= 0.6 is 0 Å². The Bertz CT molecular complexity index is 1530. The van der Waals surface area contributed by atoms with E-state index in [0.29, 0.717) is 6.42 Å². The topological polar surface area (TPSA) is 149 Å². The van der Waals surface area contributed by atoms with Crippen LogP contribution in [0.25, 0.3) is 0 Å². The van der Waals surface area contributed by atoms with Crippen LogP contribution in [0.2, 0.25) is 0 Å². The lowest BCUT2D eigenvalue weighted by Gasteiger charge is -2.40. The smallest absolute Gasteiger partial charge is 0.220 e. The molecule has 1 heterocycles. The molecule has 390 valence electrons. The molecule has 1 aliphatic rings. The van der Waals surface area contributed by atoms with Gasteiger partial charge in [-0.25, -0.2) is 0 Å². The highest BCUT2D eigenvalue weighted by molar-refractivity contribution is 5.76. The summed E-state index contributed by atoms with van der Waals surface area (Å²) in [6.07, 6.45) is 66.6. The maximum Gasteiger partial charge on any atom is 0.220 e. The molecule has 1 rings (SSSR count). The molecule has 6 N–H and O–H groups in total. The first kappa shape index (κ1) is 63.3. The van der Waals surface area contributed by atoms with Crippen LogP contribution in [0.5, 0.6) is 0 Å². The number of rotatable bonds is 43. The Morgan fingerprint density at radius 1 is 0.507 bits per heavy atom. The van der Waals surface area contributed by atoms with Crippen molar-refractivity contribution in [3.63, 3.8) is 0 Å². The van der Waals surface area contributed by atoms with Gasteiger partial charge in [0.15, 0.2) is 6.29 Å². The van der Waals surface area contributed by atoms with Crippen LogP contribution in [-0.4, -0.2) is 87.5 Å². The highest BCUT2D eigenvalue weighted by Crippen LogP contribution is 2.22. The second-order valence-electron chi connectivity index (χ2n) is 17.9. The van der Waals surface area contributed by atoms with Crippen molar-refractivity contribution in [2.24, 2.45) is 0 Å². The molecule has 0 aliphatic carbocycles. The first-order valence-corrected chi connectivity index (χ1v) is 26.9. The van der Waals surface area contributed by atoms with Crippen molar-refractivity contribution in [2.45, 2.75) is 224 Å². The van der Waals surface area contributed by atoms with Gasteiger partial charge in [0.1, 0.15) is 24.4 Å². The minimum atomic E-state index is -1.58. The van der Waals surface area contributed by atoms with Crippen molar-refractivity contribution in [2.75, 3.05) is 13.2 Å². The van der Waals surface area contributed by atoms with Crippen LogP contribution in [0, 0.1) is 0 Å². The first-order valence-electron chi connectivity index (χ1n) is 26.9. The molecule has 1 aliphatic heterocycles. The quantitative estimate of drug-likeness (QED) is 0.0261. The molecule has 0 aromatic heterocycles. The Hall–Kier alpha value is -3.67. The maximum absolute atomic E-state index is 13.0. The summed E-state index contributed by atoms with van der Waals surface area (Å²) in [5.74, 6) is -0.205. The largest absolute Gasteiger partial charge is 0.394 e. The van der Waals surface area contributed by atoms with E-state index in [1.165, 1.54) is 38.5 Å². The van der Waals surface area contributed by atoms with E-state index >= 15 is 0 Å². The van der Waals surface area contributed by atoms with E-state index in [1.54, 1.807) is 6.08 Å². The predicted molar refractivity (Wildman–Crippen MR) is 290 cm³/mol. The van der Waals surface area contributed by atoms with Crippen molar-refractivity contribution in [3.8, 4) is 0 Å². The van der Waals surface area contributed by atoms with Crippen LogP contribution in [0.3, 0.4) is 0 Å². The van der Waals surface area contributed by atoms with Gasteiger partial charge in [0.05, 0.1) is 25.4 Å². The van der Waals surface area contributed by atoms with E-state index < -0.39 is 49.5 Å². The Labute approximate surface area is 420 Å². The molecule has 9 nitrogen and oxygen atoms in total. The number of carbonyl (C=O) groups is 1. The fourth-order valence-electron chi connectivity index (χ4n) is 7.44. The van der Waals surface area contributed by atoms with E-state index in [2.05, 4.69) is 141 Å². The van der Waals surface area contributed by atoms with Gasteiger partial charge in [-0.05, 0) is 103 Å². The number of aliphatic hydroxyl groups is 5. The monoisotopic (exact) mass is 960 g/mol. The summed E-state index contributed by atoms with van der Waals surface area (Å²) in [5, 5.41) is 54.2. The Morgan fingerprint density at radius 2 is 0.913 bits per heavy atom. The zero-order valence-corrected chi connectivity index (χ0v) is 43.0. The van der Waals surface area contributed by atoms with Gasteiger partial charge in [-0.2, -0.15) is 0 Å². The first-order chi connectivity index (χ1) is 33.8. The molecule has 0 saturated carbocycles. The van der Waals surface area contributed by atoms with Crippen molar-refractivity contribution < 1.29 is 39.8 Å². The highest BCUT2D eigenvalue weighted by atomic mass is 16.7. The second-order valence-corrected chi connectivity index (χ2v) is 17.9. The molecule has 9 heteroatoms. The normalized spacial score (nSPS) is 20.6. The van der Waals surface area contributed by atoms with Gasteiger partial charge in [0.2, 0.25) is 5.91 Å². The average molecular weight is 960 g/mol. The molecule has 1 amide bonds. The fourth-order valence-corrected chi connectivity index (χ4v) is 7.44. The van der Waals surface area contributed by atoms with Crippen LogP contribution in [0.1, 0.15) is 181 Å². The summed E-state index contributed by atoms with van der Waals surface area (Å²) >= 11 is 0. The molecule has 1 saturated heterocycles. The van der Waals surface area contributed by atoms with Crippen molar-refractivity contribution in [1.82, 2.24) is 5.32 Å². The number of carbonyl (C=O) groups excluding carboxylic acids is 1. The third-order valence-corrected chi connectivity index (χ3v) is 11.7. The Morgan fingerprint density at radius 3 is 1.38 bits per heavy atom. The molecular weight excluding hydrogens is 863 g/mol. The van der Waals surface area contributed by atoms with E-state index in [1.807, 2.05) is 6.08 Å². The molecule has 0 spiro atoms. The lowest BCUT2D eigenvalue weighted by Crippen LogP contribution is -2.60. The maximum atomic E-state index is 13.0. The summed E-state index contributed by atoms with van der Waals surface area (Å²) in [7, 11) is 0. The molecule has 69 heavy (non-hydrogen) atoms. The van der Waals surface area contributed by atoms with Gasteiger partial charge in [-0.15, -0.1) is 0 Å². The number of amides is 1. The third-order valence-electron chi connectivity index (χ3n) is 11.7. The van der Waals surface area contributed by atoms with Gasteiger partial charge < -0.3 is 40.3 Å². The van der Waals surface area contributed by atoms with Crippen molar-refractivity contribution >= 4 is 5.91 Å². The van der Waals surface area contributed by atoms with Crippen molar-refractivity contribution in [3.05, 3.63) is 134 Å². The summed E-state index contributed by atoms with van der Waals surface area (Å²) in [6.45, 7) is 3.53. The molecule has 1 fully saturated rings. The molecule has 0 radical (unpaired) electrons. The number of hydrogen-bond acceptors (Lipinski definition) is 8. The van der Waals surface area contributed by atoms with Crippen LogP contribution < -0.4 is 5.32 Å². The highest BCUT2D eigenvalue weighted by Gasteiger charge is 2.44. The standard InChI is InChI=1S/C60H97NO8/c1-3-5-7-9-11-13-15-16-17-18-19-20-21-22-23-24-25-26-27-28-29-30-31-32-33-34-35-36-37-38-40-42-44-46-48-50-56(64)61-53(52-68-60-59(67)58(66)57(65)55(51-62)69-60)54(63)49-47-45-43-41-39-14-12-10-8-6-4-2/h5,7-8,10-11,13,16-17,19-20,22-23,25-26,28-29,31-32,39,41,47,49,53-55,57-60,62-63,65-67H,3-4,6,9,12,14-15,18,21,24,27,30,33-38,40,42-46,48,50-52H2,1-2H3,(H,61,64)/b7-5-,10-8+,13-11-,17-16-,20-19-,23-22-,26-25-,29-28-,32-31-,41-39+,49-47+. The number of aliphatic hydroxyl groups excluding tert-OH is 5. The average Bonchev–Trinajstić information content (AvgIpc) is 3.35. The molecule has 0 bridgehead atoms. The van der Waals surface area contributed by atoms with E-state index in [4.69, 9.17) is 9.47 Å². The summed E-state index contributed by atoms with van der Waals surface area (Å²) in [4.78, 5) is 13.0. The molecular formula is C60H97NO8. The van der Waals surface area contributed by atoms with Gasteiger partial charge >= 0.3 is 0 Å². The molecule has 7 unspecified atom stereocenters. The SMILES string of the molecule is CC/C=C\C/C=C\C/C=C\C/C=C\C/C=C\C/C=C\C/C=C\C/C=C\CCCCCCCCCCCCC(=O)NC(COC1OC(CO)C(O)C(O)C1O)C(O)/C=C/CC/C=C/CC/C=C/CCC. The van der Waals surface area contributed by atoms with Crippen LogP contribution in [-0.2, 0) is 14.3 Å².